The van der Waals surface area contributed by atoms with Crippen molar-refractivity contribution in [1.29, 1.82) is 10.5 Å². The lowest BCUT2D eigenvalue weighted by atomic mass is 9.72. The van der Waals surface area contributed by atoms with Crippen LogP contribution in [0.1, 0.15) is 25.0 Å². The summed E-state index contributed by atoms with van der Waals surface area (Å²) in [5, 5.41) is 21.7. The Labute approximate surface area is 163 Å². The predicted molar refractivity (Wildman–Crippen MR) is 104 cm³/mol. The molecule has 1 aliphatic rings. The van der Waals surface area contributed by atoms with Crippen LogP contribution in [0.2, 0.25) is 0 Å². The number of nitriles is 2. The van der Waals surface area contributed by atoms with Crippen LogP contribution in [0.15, 0.2) is 34.9 Å². The molecule has 140 valence electrons. The fraction of sp³-hybridized carbons (Fsp3) is 0.400. The summed E-state index contributed by atoms with van der Waals surface area (Å²) in [4.78, 5) is 26.2. The normalized spacial score (nSPS) is 18.3. The number of allylic oxidation sites excluding steroid dienone is 1. The molecule has 1 atom stereocenters. The Morgan fingerprint density at radius 3 is 2.48 bits per heavy atom. The Bertz CT molecular complexity index is 859. The largest absolute Gasteiger partial charge is 0.341 e. The number of benzene rings is 1. The Balaban J connectivity index is 2.07. The molecule has 7 heteroatoms. The Hall–Kier alpha value is -2.77. The van der Waals surface area contributed by atoms with E-state index >= 15 is 0 Å². The third kappa shape index (κ3) is 4.50. The topological polar surface area (TPSA) is 97.0 Å². The van der Waals surface area contributed by atoms with E-state index in [0.717, 1.165) is 22.9 Å². The summed E-state index contributed by atoms with van der Waals surface area (Å²) in [6, 6.07) is 12.0. The van der Waals surface area contributed by atoms with Crippen LogP contribution in [0.3, 0.4) is 0 Å². The summed E-state index contributed by atoms with van der Waals surface area (Å²) in [5.74, 6) is -1.39. The molecule has 0 saturated heterocycles. The first-order valence-electron chi connectivity index (χ1n) is 8.48. The molecule has 0 fully saturated rings. The van der Waals surface area contributed by atoms with E-state index in [1.165, 1.54) is 0 Å². The average molecular weight is 382 g/mol. The van der Waals surface area contributed by atoms with Gasteiger partial charge in [0.25, 0.3) is 0 Å². The number of rotatable bonds is 5. The van der Waals surface area contributed by atoms with Crippen LogP contribution >= 0.6 is 11.8 Å². The van der Waals surface area contributed by atoms with Gasteiger partial charge in [-0.25, -0.2) is 0 Å². The lowest BCUT2D eigenvalue weighted by Gasteiger charge is -2.34. The molecule has 1 aliphatic heterocycles. The van der Waals surface area contributed by atoms with Crippen molar-refractivity contribution in [3.63, 3.8) is 0 Å². The summed E-state index contributed by atoms with van der Waals surface area (Å²) in [6.07, 6.45) is 0. The maximum Gasteiger partial charge on any atom is 0.243 e. The lowest BCUT2D eigenvalue weighted by molar-refractivity contribution is -0.128. The molecule has 0 aromatic heterocycles. The van der Waals surface area contributed by atoms with Crippen LogP contribution in [-0.4, -0.2) is 29.5 Å². The van der Waals surface area contributed by atoms with Crippen LogP contribution < -0.4 is 5.32 Å². The first-order valence-corrected chi connectivity index (χ1v) is 9.47. The monoisotopic (exact) mass is 382 g/mol. The number of aryl methyl sites for hydroxylation is 1. The van der Waals surface area contributed by atoms with Gasteiger partial charge >= 0.3 is 0 Å². The Morgan fingerprint density at radius 1 is 1.30 bits per heavy atom. The second-order valence-corrected chi connectivity index (χ2v) is 8.10. The van der Waals surface area contributed by atoms with Crippen molar-refractivity contribution < 1.29 is 9.59 Å². The Kier molecular flexibility index (Phi) is 6.30. The molecule has 1 unspecified atom stereocenters. The minimum Gasteiger partial charge on any atom is -0.341 e. The number of nitrogens with one attached hydrogen (secondary N) is 1. The van der Waals surface area contributed by atoms with Crippen molar-refractivity contribution >= 4 is 23.6 Å². The van der Waals surface area contributed by atoms with Crippen LogP contribution in [0.4, 0.5) is 0 Å². The van der Waals surface area contributed by atoms with E-state index in [1.54, 1.807) is 25.8 Å². The van der Waals surface area contributed by atoms with E-state index in [2.05, 4.69) is 11.4 Å². The average Bonchev–Trinajstić information content (AvgIpc) is 2.61. The summed E-state index contributed by atoms with van der Waals surface area (Å²) in [6.45, 7) is 5.89. The summed E-state index contributed by atoms with van der Waals surface area (Å²) in [7, 11) is 1.72. The zero-order valence-corrected chi connectivity index (χ0v) is 16.7. The number of hydrogen-bond donors (Lipinski definition) is 1. The zero-order valence-electron chi connectivity index (χ0n) is 15.9. The molecule has 6 nitrogen and oxygen atoms in total. The van der Waals surface area contributed by atoms with E-state index in [1.807, 2.05) is 37.3 Å². The van der Waals surface area contributed by atoms with Crippen molar-refractivity contribution in [3.05, 3.63) is 46.0 Å². The fourth-order valence-electron chi connectivity index (χ4n) is 2.83. The number of thioether (sulfide) groups is 1. The van der Waals surface area contributed by atoms with Gasteiger partial charge in [-0.15, -0.1) is 0 Å². The van der Waals surface area contributed by atoms with Gasteiger partial charge in [-0.1, -0.05) is 55.4 Å². The van der Waals surface area contributed by atoms with Crippen molar-refractivity contribution in [3.8, 4) is 12.1 Å². The highest BCUT2D eigenvalue weighted by Gasteiger charge is 2.44. The molecule has 0 radical (unpaired) electrons. The number of amides is 2. The lowest BCUT2D eigenvalue weighted by Crippen LogP contribution is -2.44. The minimum absolute atomic E-state index is 0.0937. The molecule has 1 heterocycles. The minimum atomic E-state index is -0.934. The molecule has 0 saturated carbocycles. The smallest absolute Gasteiger partial charge is 0.243 e. The van der Waals surface area contributed by atoms with Gasteiger partial charge in [0.1, 0.15) is 5.92 Å². The number of carbonyl (C=O) groups excluding carboxylic acids is 2. The third-order valence-electron chi connectivity index (χ3n) is 4.64. The molecular weight excluding hydrogens is 360 g/mol. The molecule has 2 amide bonds. The maximum absolute atomic E-state index is 12.4. The van der Waals surface area contributed by atoms with Gasteiger partial charge in [0.2, 0.25) is 11.8 Å². The zero-order chi connectivity index (χ0) is 20.2. The number of nitrogens with zero attached hydrogens (tertiary/aromatic N) is 3. The van der Waals surface area contributed by atoms with Gasteiger partial charge in [-0.05, 0) is 12.5 Å². The van der Waals surface area contributed by atoms with Crippen LogP contribution in [0.25, 0.3) is 0 Å². The van der Waals surface area contributed by atoms with E-state index < -0.39 is 17.2 Å². The van der Waals surface area contributed by atoms with Crippen LogP contribution in [-0.2, 0) is 16.1 Å². The van der Waals surface area contributed by atoms with E-state index in [0.29, 0.717) is 17.1 Å². The van der Waals surface area contributed by atoms with Gasteiger partial charge < -0.3 is 10.2 Å². The second-order valence-electron chi connectivity index (χ2n) is 7.11. The van der Waals surface area contributed by atoms with Crippen LogP contribution in [0, 0.1) is 40.9 Å². The van der Waals surface area contributed by atoms with E-state index in [4.69, 9.17) is 0 Å². The predicted octanol–water partition coefficient (Wildman–Crippen LogP) is 2.72. The van der Waals surface area contributed by atoms with Crippen molar-refractivity contribution in [2.24, 2.45) is 11.3 Å². The first-order chi connectivity index (χ1) is 12.7. The van der Waals surface area contributed by atoms with Gasteiger partial charge in [0.05, 0.1) is 28.5 Å². The van der Waals surface area contributed by atoms with E-state index in [9.17, 15) is 20.1 Å². The summed E-state index contributed by atoms with van der Waals surface area (Å²) >= 11 is 1.12. The molecule has 1 aromatic carbocycles. The van der Waals surface area contributed by atoms with Crippen molar-refractivity contribution in [2.75, 3.05) is 12.8 Å². The fourth-order valence-corrected chi connectivity index (χ4v) is 3.95. The molecule has 27 heavy (non-hydrogen) atoms. The van der Waals surface area contributed by atoms with E-state index in [-0.39, 0.29) is 11.7 Å². The first kappa shape index (κ1) is 20.5. The van der Waals surface area contributed by atoms with Gasteiger partial charge in [0, 0.05) is 19.0 Å². The summed E-state index contributed by atoms with van der Waals surface area (Å²) < 4.78 is 0. The molecular formula is C20H22N4O2S. The SMILES string of the molecule is Cc1ccc(CN(C)C(=O)CSC2=C(C#N)C(C)(C)C(C#N)C(=O)N2)cc1. The van der Waals surface area contributed by atoms with Crippen molar-refractivity contribution in [1.82, 2.24) is 10.2 Å². The highest BCUT2D eigenvalue weighted by molar-refractivity contribution is 8.03. The van der Waals surface area contributed by atoms with Crippen molar-refractivity contribution in [2.45, 2.75) is 27.3 Å². The van der Waals surface area contributed by atoms with Gasteiger partial charge in [-0.2, -0.15) is 10.5 Å². The molecule has 1 N–H and O–H groups in total. The molecule has 0 aliphatic carbocycles. The number of hydrogen-bond acceptors (Lipinski definition) is 5. The molecule has 0 spiro atoms. The molecule has 1 aromatic rings. The highest BCUT2D eigenvalue weighted by atomic mass is 32.2. The third-order valence-corrected chi connectivity index (χ3v) is 5.63. The number of carbonyl (C=O) groups is 2. The standard InChI is InChI=1S/C20H22N4O2S/c1-13-5-7-14(8-6-13)11-24(4)17(25)12-27-19-16(10-22)20(2,3)15(9-21)18(26)23-19/h5-8,15H,11-12H2,1-4H3,(H,23,26). The molecule has 0 bridgehead atoms. The maximum atomic E-state index is 12.4. The van der Waals surface area contributed by atoms with Crippen LogP contribution in [0.5, 0.6) is 0 Å². The van der Waals surface area contributed by atoms with Gasteiger partial charge in [-0.3, -0.25) is 9.59 Å². The second kappa shape index (κ2) is 8.28. The van der Waals surface area contributed by atoms with Gasteiger partial charge in [0.15, 0.2) is 0 Å². The summed E-state index contributed by atoms with van der Waals surface area (Å²) in [5.41, 5.74) is 1.62. The quantitative estimate of drug-likeness (QED) is 0.844. The molecule has 2 rings (SSSR count). The Morgan fingerprint density at radius 2 is 1.93 bits per heavy atom. The highest BCUT2D eigenvalue weighted by Crippen LogP contribution is 2.41.